The fourth-order valence-corrected chi connectivity index (χ4v) is 5.90. The Morgan fingerprint density at radius 3 is 2.10 bits per heavy atom. The van der Waals surface area contributed by atoms with Gasteiger partial charge in [0.05, 0.1) is 0 Å². The van der Waals surface area contributed by atoms with E-state index in [1.54, 1.807) is 12.1 Å². The van der Waals surface area contributed by atoms with E-state index >= 15 is 0 Å². The molecule has 3 rings (SSSR count). The van der Waals surface area contributed by atoms with Gasteiger partial charge in [0.2, 0.25) is 0 Å². The standard InChI is InChI=1S/C25H30O5Se/c1-24(2)11-12-25(3,4)19-15-21(31-17-9-7-16(8-10-17)23(28)29)20(14-18(19)24)30-13-5-6-22(26)27/h7-10,14-15H,5-6,11-13H2,1-4H3,(H,26,27)(H,28,29). The Kier molecular flexibility index (Phi) is 6.82. The van der Waals surface area contributed by atoms with Gasteiger partial charge in [-0.25, -0.2) is 0 Å². The first kappa shape index (κ1) is 23.4. The van der Waals surface area contributed by atoms with Crippen LogP contribution in [0.15, 0.2) is 36.4 Å². The zero-order valence-electron chi connectivity index (χ0n) is 18.5. The Morgan fingerprint density at radius 1 is 0.968 bits per heavy atom. The van der Waals surface area contributed by atoms with Gasteiger partial charge >= 0.3 is 190 Å². The van der Waals surface area contributed by atoms with Crippen LogP contribution in [-0.2, 0) is 15.6 Å². The van der Waals surface area contributed by atoms with E-state index in [4.69, 9.17) is 14.9 Å². The molecule has 1 aliphatic carbocycles. The summed E-state index contributed by atoms with van der Waals surface area (Å²) in [7, 11) is 0. The summed E-state index contributed by atoms with van der Waals surface area (Å²) in [5.74, 6) is -0.934. The summed E-state index contributed by atoms with van der Waals surface area (Å²) in [5.41, 5.74) is 3.06. The van der Waals surface area contributed by atoms with Crippen LogP contribution in [0.3, 0.4) is 0 Å². The molecule has 0 heterocycles. The molecule has 0 atom stereocenters. The Morgan fingerprint density at radius 2 is 1.55 bits per heavy atom. The Bertz CT molecular complexity index is 976. The Hall–Kier alpha value is -2.30. The molecule has 0 aliphatic heterocycles. The summed E-state index contributed by atoms with van der Waals surface area (Å²) < 4.78 is 8.28. The minimum atomic E-state index is -0.931. The van der Waals surface area contributed by atoms with Gasteiger partial charge in [0.1, 0.15) is 0 Å². The monoisotopic (exact) mass is 490 g/mol. The Balaban J connectivity index is 1.98. The molecular formula is C25H30O5Se. The van der Waals surface area contributed by atoms with E-state index in [9.17, 15) is 9.59 Å². The van der Waals surface area contributed by atoms with Crippen LogP contribution in [0, 0.1) is 0 Å². The van der Waals surface area contributed by atoms with Crippen LogP contribution in [0.5, 0.6) is 5.75 Å². The fraction of sp³-hybridized carbons (Fsp3) is 0.440. The zero-order valence-corrected chi connectivity index (χ0v) is 20.2. The van der Waals surface area contributed by atoms with E-state index in [0.29, 0.717) is 13.0 Å². The van der Waals surface area contributed by atoms with Crippen molar-refractivity contribution in [1.29, 1.82) is 0 Å². The number of aromatic carboxylic acids is 1. The summed E-state index contributed by atoms with van der Waals surface area (Å²) >= 11 is -0.0636. The molecule has 0 radical (unpaired) electrons. The van der Waals surface area contributed by atoms with Gasteiger partial charge in [0.15, 0.2) is 0 Å². The molecule has 2 aromatic carbocycles. The van der Waals surface area contributed by atoms with Crippen molar-refractivity contribution >= 4 is 35.8 Å². The van der Waals surface area contributed by atoms with E-state index in [0.717, 1.165) is 27.5 Å². The molecule has 2 N–H and O–H groups in total. The van der Waals surface area contributed by atoms with Crippen molar-refractivity contribution in [3.8, 4) is 5.75 Å². The number of hydrogen-bond acceptors (Lipinski definition) is 3. The number of carboxylic acids is 2. The summed E-state index contributed by atoms with van der Waals surface area (Å²) in [6.45, 7) is 9.46. The van der Waals surface area contributed by atoms with E-state index in [1.807, 2.05) is 12.1 Å². The van der Waals surface area contributed by atoms with Crippen molar-refractivity contribution in [2.24, 2.45) is 0 Å². The number of carboxylic acid groups (broad SMARTS) is 2. The van der Waals surface area contributed by atoms with Gasteiger partial charge in [-0.3, -0.25) is 0 Å². The SMILES string of the molecule is CC1(C)CCC(C)(C)c2cc([Se]c3ccc(C(=O)O)cc3)c(OCCCC(=O)O)cc21. The molecule has 5 nitrogen and oxygen atoms in total. The summed E-state index contributed by atoms with van der Waals surface area (Å²) in [6.07, 6.45) is 2.76. The molecule has 6 heteroatoms. The first-order valence-corrected chi connectivity index (χ1v) is 12.3. The van der Waals surface area contributed by atoms with E-state index < -0.39 is 11.9 Å². The molecule has 0 saturated carbocycles. The molecule has 31 heavy (non-hydrogen) atoms. The van der Waals surface area contributed by atoms with Crippen molar-refractivity contribution in [2.75, 3.05) is 6.61 Å². The van der Waals surface area contributed by atoms with Crippen LogP contribution < -0.4 is 13.7 Å². The van der Waals surface area contributed by atoms with Crippen LogP contribution in [0.1, 0.15) is 74.9 Å². The molecule has 166 valence electrons. The maximum absolute atomic E-state index is 11.2. The van der Waals surface area contributed by atoms with Gasteiger partial charge in [-0.15, -0.1) is 0 Å². The number of hydrogen-bond donors (Lipinski definition) is 2. The number of carbonyl (C=O) groups is 2. The van der Waals surface area contributed by atoms with Crippen LogP contribution >= 0.6 is 0 Å². The number of rotatable bonds is 8. The first-order valence-electron chi connectivity index (χ1n) is 10.5. The first-order chi connectivity index (χ1) is 14.5. The number of fused-ring (bicyclic) bond motifs is 1. The summed E-state index contributed by atoms with van der Waals surface area (Å²) in [6, 6.07) is 11.4. The van der Waals surface area contributed by atoms with Crippen LogP contribution in [0.25, 0.3) is 0 Å². The van der Waals surface area contributed by atoms with Gasteiger partial charge in [-0.2, -0.15) is 0 Å². The topological polar surface area (TPSA) is 83.8 Å². The molecule has 0 amide bonds. The van der Waals surface area contributed by atoms with Gasteiger partial charge in [0, 0.05) is 0 Å². The number of benzene rings is 2. The third-order valence-electron chi connectivity index (χ3n) is 6.04. The second-order valence-electron chi connectivity index (χ2n) is 9.39. The molecule has 0 spiro atoms. The molecule has 2 aromatic rings. The quantitative estimate of drug-likeness (QED) is 0.437. The third kappa shape index (κ3) is 5.50. The number of aliphatic carboxylic acids is 1. The molecule has 0 unspecified atom stereocenters. The number of ether oxygens (including phenoxy) is 1. The predicted octanol–water partition coefficient (Wildman–Crippen LogP) is 3.63. The van der Waals surface area contributed by atoms with Gasteiger partial charge in [-0.05, 0) is 0 Å². The molecule has 1 aliphatic rings. The average molecular weight is 489 g/mol. The van der Waals surface area contributed by atoms with Crippen LogP contribution in [0.4, 0.5) is 0 Å². The Labute approximate surface area is 190 Å². The van der Waals surface area contributed by atoms with E-state index in [-0.39, 0.29) is 37.8 Å². The van der Waals surface area contributed by atoms with Crippen molar-refractivity contribution in [3.05, 3.63) is 53.1 Å². The minimum absolute atomic E-state index is 0.0543. The van der Waals surface area contributed by atoms with E-state index in [2.05, 4.69) is 39.8 Å². The molecule has 0 aromatic heterocycles. The zero-order chi connectivity index (χ0) is 22.8. The van der Waals surface area contributed by atoms with Crippen molar-refractivity contribution in [2.45, 2.75) is 64.2 Å². The second-order valence-corrected chi connectivity index (χ2v) is 11.7. The fourth-order valence-electron chi connectivity index (χ4n) is 3.96. The average Bonchev–Trinajstić information content (AvgIpc) is 2.69. The van der Waals surface area contributed by atoms with Crippen LogP contribution in [0.2, 0.25) is 0 Å². The third-order valence-corrected chi connectivity index (χ3v) is 8.24. The normalized spacial score (nSPS) is 16.4. The molecule has 0 bridgehead atoms. The van der Waals surface area contributed by atoms with Crippen molar-refractivity contribution in [1.82, 2.24) is 0 Å². The maximum atomic E-state index is 11.2. The van der Waals surface area contributed by atoms with Crippen molar-refractivity contribution in [3.63, 3.8) is 0 Å². The van der Waals surface area contributed by atoms with Gasteiger partial charge < -0.3 is 0 Å². The summed E-state index contributed by atoms with van der Waals surface area (Å²) in [4.78, 5) is 22.0. The second kappa shape index (κ2) is 9.05. The van der Waals surface area contributed by atoms with Gasteiger partial charge in [-0.1, -0.05) is 0 Å². The molecule has 0 saturated heterocycles. The molecule has 0 fully saturated rings. The van der Waals surface area contributed by atoms with Crippen molar-refractivity contribution < 1.29 is 24.5 Å². The van der Waals surface area contributed by atoms with E-state index in [1.165, 1.54) is 11.1 Å². The predicted molar refractivity (Wildman–Crippen MR) is 123 cm³/mol. The van der Waals surface area contributed by atoms with Gasteiger partial charge in [0.25, 0.3) is 0 Å². The summed E-state index contributed by atoms with van der Waals surface area (Å²) in [5, 5.41) is 18.1. The van der Waals surface area contributed by atoms with Crippen LogP contribution in [-0.4, -0.2) is 43.7 Å². The molecular weight excluding hydrogens is 459 g/mol.